The molecule has 2 atom stereocenters. The van der Waals surface area contributed by atoms with Gasteiger partial charge in [-0.25, -0.2) is 0 Å². The van der Waals surface area contributed by atoms with Crippen molar-refractivity contribution in [3.63, 3.8) is 0 Å². The Bertz CT molecular complexity index is 162. The van der Waals surface area contributed by atoms with Crippen molar-refractivity contribution in [1.29, 1.82) is 0 Å². The summed E-state index contributed by atoms with van der Waals surface area (Å²) in [7, 11) is 0. The van der Waals surface area contributed by atoms with E-state index in [9.17, 15) is 0 Å². The first kappa shape index (κ1) is 7.57. The van der Waals surface area contributed by atoms with E-state index < -0.39 is 6.10 Å². The first-order chi connectivity index (χ1) is 4.66. The third-order valence-corrected chi connectivity index (χ3v) is 1.94. The van der Waals surface area contributed by atoms with E-state index in [-0.39, 0.29) is 18.3 Å². The predicted molar refractivity (Wildman–Crippen MR) is 36.5 cm³/mol. The molecule has 0 spiro atoms. The number of aliphatic hydroxyl groups is 3. The molecule has 58 valence electrons. The van der Waals surface area contributed by atoms with Gasteiger partial charge in [-0.2, -0.15) is 0 Å². The molecule has 1 unspecified atom stereocenters. The van der Waals surface area contributed by atoms with E-state index in [1.807, 2.05) is 6.92 Å². The smallest absolute Gasteiger partial charge is 0.123 e. The lowest BCUT2D eigenvalue weighted by molar-refractivity contribution is 0.121. The molecular formula is C7H12O3. The van der Waals surface area contributed by atoms with Gasteiger partial charge in [0.15, 0.2) is 0 Å². The zero-order valence-corrected chi connectivity index (χ0v) is 5.91. The summed E-state index contributed by atoms with van der Waals surface area (Å²) in [6, 6.07) is 0. The van der Waals surface area contributed by atoms with Crippen LogP contribution in [0.1, 0.15) is 13.3 Å². The molecule has 0 aromatic carbocycles. The molecule has 1 aliphatic rings. The second-order valence-corrected chi connectivity index (χ2v) is 2.77. The average molecular weight is 144 g/mol. The third kappa shape index (κ3) is 1.02. The second-order valence-electron chi connectivity index (χ2n) is 2.77. The molecule has 0 bridgehead atoms. The van der Waals surface area contributed by atoms with E-state index in [0.717, 1.165) is 0 Å². The Morgan fingerprint density at radius 3 is 2.40 bits per heavy atom. The molecule has 3 heteroatoms. The van der Waals surface area contributed by atoms with Crippen LogP contribution in [0.25, 0.3) is 0 Å². The molecule has 1 aliphatic carbocycles. The van der Waals surface area contributed by atoms with Gasteiger partial charge in [-0.15, -0.1) is 0 Å². The minimum Gasteiger partial charge on any atom is -0.510 e. The van der Waals surface area contributed by atoms with E-state index >= 15 is 0 Å². The highest BCUT2D eigenvalue weighted by molar-refractivity contribution is 5.19. The summed E-state index contributed by atoms with van der Waals surface area (Å²) in [6.45, 7) is 1.69. The maximum absolute atomic E-state index is 9.15. The highest BCUT2D eigenvalue weighted by Gasteiger charge is 2.29. The van der Waals surface area contributed by atoms with Gasteiger partial charge in [0.25, 0.3) is 0 Å². The fraction of sp³-hybridized carbons (Fsp3) is 0.714. The number of rotatable bonds is 1. The molecule has 1 rings (SSSR count). The van der Waals surface area contributed by atoms with Gasteiger partial charge in [-0.05, 0) is 17.9 Å². The van der Waals surface area contributed by atoms with Gasteiger partial charge in [0.05, 0.1) is 6.61 Å². The van der Waals surface area contributed by atoms with Crippen molar-refractivity contribution in [2.45, 2.75) is 19.4 Å². The summed E-state index contributed by atoms with van der Waals surface area (Å²) < 4.78 is 0. The minimum atomic E-state index is -0.762. The average Bonchev–Trinajstić information content (AvgIpc) is 2.17. The predicted octanol–water partition coefficient (Wildman–Crippen LogP) is 0.192. The van der Waals surface area contributed by atoms with Crippen molar-refractivity contribution in [3.05, 3.63) is 11.3 Å². The van der Waals surface area contributed by atoms with Gasteiger partial charge in [-0.1, -0.05) is 6.92 Å². The van der Waals surface area contributed by atoms with Crippen LogP contribution < -0.4 is 0 Å². The molecule has 0 radical (unpaired) electrons. The van der Waals surface area contributed by atoms with Crippen molar-refractivity contribution in [2.75, 3.05) is 6.61 Å². The topological polar surface area (TPSA) is 60.7 Å². The van der Waals surface area contributed by atoms with E-state index in [1.165, 1.54) is 0 Å². The van der Waals surface area contributed by atoms with Crippen molar-refractivity contribution < 1.29 is 15.3 Å². The normalized spacial score (nSPS) is 33.5. The van der Waals surface area contributed by atoms with Gasteiger partial charge in [0.1, 0.15) is 11.9 Å². The zero-order chi connectivity index (χ0) is 7.72. The van der Waals surface area contributed by atoms with E-state index in [1.54, 1.807) is 0 Å². The molecule has 0 aliphatic heterocycles. The molecule has 3 nitrogen and oxygen atoms in total. The summed E-state index contributed by atoms with van der Waals surface area (Å²) in [5.74, 6) is 0.0112. The minimum absolute atomic E-state index is 0.0324. The summed E-state index contributed by atoms with van der Waals surface area (Å²) >= 11 is 0. The van der Waals surface area contributed by atoms with Crippen molar-refractivity contribution >= 4 is 0 Å². The van der Waals surface area contributed by atoms with Crippen molar-refractivity contribution in [2.24, 2.45) is 5.92 Å². The van der Waals surface area contributed by atoms with Crippen LogP contribution >= 0.6 is 0 Å². The second kappa shape index (κ2) is 2.60. The van der Waals surface area contributed by atoms with E-state index in [4.69, 9.17) is 15.3 Å². The lowest BCUT2D eigenvalue weighted by Crippen LogP contribution is -2.13. The molecule has 0 saturated heterocycles. The van der Waals surface area contributed by atoms with Crippen LogP contribution in [0.2, 0.25) is 0 Å². The van der Waals surface area contributed by atoms with Crippen LogP contribution in [0.15, 0.2) is 11.3 Å². The zero-order valence-electron chi connectivity index (χ0n) is 5.91. The van der Waals surface area contributed by atoms with E-state index in [0.29, 0.717) is 12.0 Å². The quantitative estimate of drug-likeness (QED) is 0.492. The summed E-state index contributed by atoms with van der Waals surface area (Å²) in [4.78, 5) is 0. The van der Waals surface area contributed by atoms with Crippen LogP contribution in [0.3, 0.4) is 0 Å². The lowest BCUT2D eigenvalue weighted by Gasteiger charge is -2.06. The maximum atomic E-state index is 9.15. The molecular weight excluding hydrogens is 132 g/mol. The summed E-state index contributed by atoms with van der Waals surface area (Å²) in [6.07, 6.45) is -0.161. The standard InChI is InChI=1S/C7H12O3/c1-4-2-5(3-8)7(10)6(4)9/h4,6,8-10H,2-3H2,1H3/t4-,6?/m1/s1. The SMILES string of the molecule is C[C@@H]1CC(CO)=C(O)C1O. The van der Waals surface area contributed by atoms with Crippen LogP contribution in [-0.2, 0) is 0 Å². The Hall–Kier alpha value is -0.540. The molecule has 0 fully saturated rings. The van der Waals surface area contributed by atoms with Gasteiger partial charge in [0.2, 0.25) is 0 Å². The van der Waals surface area contributed by atoms with Crippen LogP contribution in [0.5, 0.6) is 0 Å². The number of aliphatic hydroxyl groups excluding tert-OH is 3. The molecule has 0 aromatic rings. The first-order valence-electron chi connectivity index (χ1n) is 3.36. The Kier molecular flexibility index (Phi) is 1.97. The van der Waals surface area contributed by atoms with Crippen molar-refractivity contribution in [1.82, 2.24) is 0 Å². The molecule has 0 saturated carbocycles. The Balaban J connectivity index is 2.73. The van der Waals surface area contributed by atoms with Crippen LogP contribution in [0.4, 0.5) is 0 Å². The lowest BCUT2D eigenvalue weighted by atomic mass is 10.1. The largest absolute Gasteiger partial charge is 0.510 e. The van der Waals surface area contributed by atoms with Crippen molar-refractivity contribution in [3.8, 4) is 0 Å². The van der Waals surface area contributed by atoms with Gasteiger partial charge >= 0.3 is 0 Å². The highest BCUT2D eigenvalue weighted by Crippen LogP contribution is 2.29. The van der Waals surface area contributed by atoms with Crippen LogP contribution in [0, 0.1) is 5.92 Å². The van der Waals surface area contributed by atoms with Crippen LogP contribution in [-0.4, -0.2) is 28.0 Å². The molecule has 0 amide bonds. The molecule has 10 heavy (non-hydrogen) atoms. The number of hydrogen-bond donors (Lipinski definition) is 3. The maximum Gasteiger partial charge on any atom is 0.123 e. The highest BCUT2D eigenvalue weighted by atomic mass is 16.3. The molecule has 0 heterocycles. The summed E-state index contributed by atoms with van der Waals surface area (Å²) in [5, 5.41) is 26.9. The Morgan fingerprint density at radius 1 is 1.60 bits per heavy atom. The van der Waals surface area contributed by atoms with E-state index in [2.05, 4.69) is 0 Å². The Labute approximate surface area is 59.6 Å². The molecule has 0 aromatic heterocycles. The third-order valence-electron chi connectivity index (χ3n) is 1.94. The fourth-order valence-corrected chi connectivity index (χ4v) is 1.23. The number of hydrogen-bond acceptors (Lipinski definition) is 3. The van der Waals surface area contributed by atoms with Gasteiger partial charge in [-0.3, -0.25) is 0 Å². The fourth-order valence-electron chi connectivity index (χ4n) is 1.23. The first-order valence-corrected chi connectivity index (χ1v) is 3.36. The van der Waals surface area contributed by atoms with Gasteiger partial charge in [0, 0.05) is 0 Å². The van der Waals surface area contributed by atoms with Gasteiger partial charge < -0.3 is 15.3 Å². The Morgan fingerprint density at radius 2 is 2.20 bits per heavy atom. The summed E-state index contributed by atoms with van der Waals surface area (Å²) in [5.41, 5.74) is 0.569. The monoisotopic (exact) mass is 144 g/mol. The molecule has 3 N–H and O–H groups in total.